The smallest absolute Gasteiger partial charge is 0.243 e. The van der Waals surface area contributed by atoms with Crippen LogP contribution in [0, 0.1) is 5.92 Å². The quantitative estimate of drug-likeness (QED) is 0.629. The average Bonchev–Trinajstić information content (AvgIpc) is 2.80. The monoisotopic (exact) mass is 456 g/mol. The molecule has 2 aromatic carbocycles. The first-order chi connectivity index (χ1) is 14.9. The molecule has 0 aliphatic carbocycles. The number of carbonyl (C=O) groups is 1. The van der Waals surface area contributed by atoms with Gasteiger partial charge in [-0.25, -0.2) is 18.4 Å². The highest BCUT2D eigenvalue weighted by molar-refractivity contribution is 7.89. The van der Waals surface area contributed by atoms with Gasteiger partial charge in [0, 0.05) is 23.7 Å². The predicted octanol–water partition coefficient (Wildman–Crippen LogP) is 3.84. The van der Waals surface area contributed by atoms with Crippen molar-refractivity contribution in [2.45, 2.75) is 17.7 Å². The number of hydrogen-bond donors (Lipinski definition) is 1. The SMILES string of the molecule is O=C(Nc1cnc(-c2ccccc2)nc1)C1CCCN(S(=O)(=O)c2ccc(Cl)cc2)C1. The zero-order valence-corrected chi connectivity index (χ0v) is 18.2. The Morgan fingerprint density at radius 2 is 1.71 bits per heavy atom. The molecule has 9 heteroatoms. The molecule has 1 aromatic heterocycles. The maximum Gasteiger partial charge on any atom is 0.243 e. The summed E-state index contributed by atoms with van der Waals surface area (Å²) in [5.74, 6) is -0.131. The maximum absolute atomic E-state index is 12.9. The first kappa shape index (κ1) is 21.4. The Morgan fingerprint density at radius 1 is 1.03 bits per heavy atom. The zero-order chi connectivity index (χ0) is 21.8. The maximum atomic E-state index is 12.9. The zero-order valence-electron chi connectivity index (χ0n) is 16.6. The molecule has 0 bridgehead atoms. The lowest BCUT2D eigenvalue weighted by molar-refractivity contribution is -0.120. The Morgan fingerprint density at radius 3 is 2.39 bits per heavy atom. The van der Waals surface area contributed by atoms with Gasteiger partial charge in [0.25, 0.3) is 0 Å². The van der Waals surface area contributed by atoms with Crippen LogP contribution in [0.4, 0.5) is 5.69 Å². The number of halogens is 1. The standard InChI is InChI=1S/C22H21ClN4O3S/c23-18-8-10-20(11-9-18)31(29,30)27-12-4-7-17(15-27)22(28)26-19-13-24-21(25-14-19)16-5-2-1-3-6-16/h1-3,5-6,8-11,13-14,17H,4,7,12,15H2,(H,26,28). The van der Waals surface area contributed by atoms with Crippen LogP contribution in [0.3, 0.4) is 0 Å². The van der Waals surface area contributed by atoms with E-state index in [1.54, 1.807) is 24.5 Å². The Balaban J connectivity index is 1.42. The van der Waals surface area contributed by atoms with Crippen molar-refractivity contribution in [2.75, 3.05) is 18.4 Å². The van der Waals surface area contributed by atoms with Crippen molar-refractivity contribution in [3.63, 3.8) is 0 Å². The number of amides is 1. The van der Waals surface area contributed by atoms with Crippen LogP contribution in [0.1, 0.15) is 12.8 Å². The van der Waals surface area contributed by atoms with Crippen LogP contribution in [0.2, 0.25) is 5.02 Å². The number of benzene rings is 2. The third-order valence-corrected chi connectivity index (χ3v) is 7.29. The molecule has 3 aromatic rings. The highest BCUT2D eigenvalue weighted by Gasteiger charge is 2.33. The van der Waals surface area contributed by atoms with Gasteiger partial charge in [0.15, 0.2) is 5.82 Å². The molecule has 1 unspecified atom stereocenters. The highest BCUT2D eigenvalue weighted by Crippen LogP contribution is 2.25. The average molecular weight is 457 g/mol. The van der Waals surface area contributed by atoms with Crippen LogP contribution in [0.25, 0.3) is 11.4 Å². The van der Waals surface area contributed by atoms with E-state index in [4.69, 9.17) is 11.6 Å². The number of anilines is 1. The summed E-state index contributed by atoms with van der Waals surface area (Å²) in [5, 5.41) is 3.27. The minimum absolute atomic E-state index is 0.125. The van der Waals surface area contributed by atoms with E-state index in [2.05, 4.69) is 15.3 Å². The number of nitrogens with one attached hydrogen (secondary N) is 1. The fraction of sp³-hybridized carbons (Fsp3) is 0.227. The summed E-state index contributed by atoms with van der Waals surface area (Å²) in [6.07, 6.45) is 4.33. The van der Waals surface area contributed by atoms with Crippen molar-refractivity contribution < 1.29 is 13.2 Å². The number of hydrogen-bond acceptors (Lipinski definition) is 5. The molecule has 1 fully saturated rings. The minimum Gasteiger partial charge on any atom is -0.323 e. The van der Waals surface area contributed by atoms with Gasteiger partial charge in [-0.1, -0.05) is 41.9 Å². The molecule has 31 heavy (non-hydrogen) atoms. The Labute approximate surface area is 186 Å². The first-order valence-corrected chi connectivity index (χ1v) is 11.7. The third-order valence-electron chi connectivity index (χ3n) is 5.16. The second-order valence-electron chi connectivity index (χ2n) is 7.31. The van der Waals surface area contributed by atoms with Crippen molar-refractivity contribution in [3.8, 4) is 11.4 Å². The summed E-state index contributed by atoms with van der Waals surface area (Å²) >= 11 is 5.86. The number of piperidine rings is 1. The van der Waals surface area contributed by atoms with Gasteiger partial charge in [0.05, 0.1) is 28.9 Å². The number of aromatic nitrogens is 2. The number of rotatable bonds is 5. The summed E-state index contributed by atoms with van der Waals surface area (Å²) in [6, 6.07) is 15.6. The largest absolute Gasteiger partial charge is 0.323 e. The van der Waals surface area contributed by atoms with E-state index in [9.17, 15) is 13.2 Å². The van der Waals surface area contributed by atoms with Crippen LogP contribution in [0.5, 0.6) is 0 Å². The highest BCUT2D eigenvalue weighted by atomic mass is 35.5. The van der Waals surface area contributed by atoms with Crippen molar-refractivity contribution in [2.24, 2.45) is 5.92 Å². The molecule has 4 rings (SSSR count). The lowest BCUT2D eigenvalue weighted by atomic mass is 9.99. The number of carbonyl (C=O) groups excluding carboxylic acids is 1. The molecular weight excluding hydrogens is 436 g/mol. The molecule has 160 valence electrons. The van der Waals surface area contributed by atoms with Gasteiger partial charge in [-0.05, 0) is 37.1 Å². The van der Waals surface area contributed by atoms with Crippen LogP contribution in [-0.2, 0) is 14.8 Å². The van der Waals surface area contributed by atoms with Gasteiger partial charge in [0.1, 0.15) is 0 Å². The molecule has 1 aliphatic rings. The summed E-state index contributed by atoms with van der Waals surface area (Å²) < 4.78 is 27.2. The van der Waals surface area contributed by atoms with Gasteiger partial charge >= 0.3 is 0 Å². The molecule has 1 saturated heterocycles. The fourth-order valence-electron chi connectivity index (χ4n) is 3.50. The van der Waals surface area contributed by atoms with Gasteiger partial charge in [-0.15, -0.1) is 0 Å². The second kappa shape index (κ2) is 9.13. The molecule has 1 atom stereocenters. The lowest BCUT2D eigenvalue weighted by Crippen LogP contribution is -2.43. The van der Waals surface area contributed by atoms with E-state index in [0.717, 1.165) is 5.56 Å². The van der Waals surface area contributed by atoms with Crippen molar-refractivity contribution in [1.82, 2.24) is 14.3 Å². The van der Waals surface area contributed by atoms with E-state index in [1.165, 1.54) is 16.4 Å². The normalized spacial score (nSPS) is 17.3. The van der Waals surface area contributed by atoms with Crippen molar-refractivity contribution >= 4 is 33.2 Å². The number of sulfonamides is 1. The molecular formula is C22H21ClN4O3S. The minimum atomic E-state index is -3.68. The predicted molar refractivity (Wildman–Crippen MR) is 119 cm³/mol. The van der Waals surface area contributed by atoms with E-state index in [-0.39, 0.29) is 17.3 Å². The fourth-order valence-corrected chi connectivity index (χ4v) is 5.15. The van der Waals surface area contributed by atoms with Gasteiger partial charge in [-0.3, -0.25) is 4.79 Å². The van der Waals surface area contributed by atoms with Crippen molar-refractivity contribution in [3.05, 3.63) is 72.0 Å². The molecule has 0 spiro atoms. The van der Waals surface area contributed by atoms with E-state index >= 15 is 0 Å². The molecule has 0 radical (unpaired) electrons. The van der Waals surface area contributed by atoms with Gasteiger partial charge in [0.2, 0.25) is 15.9 Å². The molecule has 1 aliphatic heterocycles. The Bertz CT molecular complexity index is 1150. The second-order valence-corrected chi connectivity index (χ2v) is 9.68. The third kappa shape index (κ3) is 4.92. The van der Waals surface area contributed by atoms with Crippen LogP contribution in [-0.4, -0.2) is 41.7 Å². The summed E-state index contributed by atoms with van der Waals surface area (Å²) in [4.78, 5) is 21.6. The van der Waals surface area contributed by atoms with Crippen LogP contribution < -0.4 is 5.32 Å². The lowest BCUT2D eigenvalue weighted by Gasteiger charge is -2.31. The summed E-state index contributed by atoms with van der Waals surface area (Å²) in [6.45, 7) is 0.503. The molecule has 1 N–H and O–H groups in total. The number of nitrogens with zero attached hydrogens (tertiary/aromatic N) is 3. The topological polar surface area (TPSA) is 92.3 Å². The van der Waals surface area contributed by atoms with Crippen LogP contribution >= 0.6 is 11.6 Å². The van der Waals surface area contributed by atoms with Gasteiger partial charge < -0.3 is 5.32 Å². The summed E-state index contributed by atoms with van der Waals surface area (Å²) in [7, 11) is -3.68. The Kier molecular flexibility index (Phi) is 6.31. The van der Waals surface area contributed by atoms with Crippen molar-refractivity contribution in [1.29, 1.82) is 0 Å². The van der Waals surface area contributed by atoms with E-state index < -0.39 is 15.9 Å². The van der Waals surface area contributed by atoms with Crippen LogP contribution in [0.15, 0.2) is 71.9 Å². The molecule has 2 heterocycles. The molecule has 1 amide bonds. The summed E-state index contributed by atoms with van der Waals surface area (Å²) in [5.41, 5.74) is 1.36. The first-order valence-electron chi connectivity index (χ1n) is 9.87. The molecule has 0 saturated carbocycles. The molecule has 7 nitrogen and oxygen atoms in total. The Hall–Kier alpha value is -2.81. The van der Waals surface area contributed by atoms with E-state index in [1.807, 2.05) is 30.3 Å². The van der Waals surface area contributed by atoms with E-state index in [0.29, 0.717) is 35.9 Å². The van der Waals surface area contributed by atoms with Gasteiger partial charge in [-0.2, -0.15) is 4.31 Å².